The van der Waals surface area contributed by atoms with Crippen molar-refractivity contribution in [3.05, 3.63) is 64.9 Å². The van der Waals surface area contributed by atoms with Gasteiger partial charge in [-0.25, -0.2) is 4.39 Å². The van der Waals surface area contributed by atoms with Crippen LogP contribution in [0.2, 0.25) is 5.02 Å². The van der Waals surface area contributed by atoms with E-state index in [1.165, 1.54) is 24.3 Å². The molecule has 0 bridgehead atoms. The maximum atomic E-state index is 13.1. The molecule has 1 aliphatic heterocycles. The number of nitrogens with zero attached hydrogens (tertiary/aromatic N) is 1. The fourth-order valence-electron chi connectivity index (χ4n) is 3.43. The predicted molar refractivity (Wildman–Crippen MR) is 111 cm³/mol. The minimum Gasteiger partial charge on any atom is -0.490 e. The molecular weight excluding hydrogens is 411 g/mol. The van der Waals surface area contributed by atoms with Gasteiger partial charge in [-0.15, -0.1) is 0 Å². The van der Waals surface area contributed by atoms with E-state index in [0.717, 1.165) is 5.56 Å². The third kappa shape index (κ3) is 6.18. The molecule has 2 amide bonds. The van der Waals surface area contributed by atoms with Gasteiger partial charge in [-0.05, 0) is 48.4 Å². The van der Waals surface area contributed by atoms with Crippen LogP contribution in [0.5, 0.6) is 5.75 Å². The second-order valence-electron chi connectivity index (χ2n) is 7.36. The van der Waals surface area contributed by atoms with Crippen molar-refractivity contribution in [2.75, 3.05) is 26.3 Å². The zero-order valence-corrected chi connectivity index (χ0v) is 17.2. The molecule has 1 atom stereocenters. The molecule has 0 aliphatic carbocycles. The van der Waals surface area contributed by atoms with Crippen molar-refractivity contribution in [3.8, 4) is 5.75 Å². The van der Waals surface area contributed by atoms with Crippen molar-refractivity contribution in [2.45, 2.75) is 24.9 Å². The monoisotopic (exact) mass is 434 g/mol. The lowest BCUT2D eigenvalue weighted by Crippen LogP contribution is -2.58. The molecule has 1 heterocycles. The average molecular weight is 435 g/mol. The summed E-state index contributed by atoms with van der Waals surface area (Å²) in [5, 5.41) is 0.649. The third-order valence-electron chi connectivity index (χ3n) is 4.95. The van der Waals surface area contributed by atoms with E-state index in [1.807, 2.05) is 12.1 Å². The number of ether oxygens (including phenoxy) is 2. The van der Waals surface area contributed by atoms with Crippen LogP contribution in [0.25, 0.3) is 0 Å². The molecule has 0 saturated carbocycles. The Morgan fingerprint density at radius 1 is 1.17 bits per heavy atom. The normalized spacial score (nSPS) is 18.8. The predicted octanol–water partition coefficient (Wildman–Crippen LogP) is 2.96. The first kappa shape index (κ1) is 22.1. The van der Waals surface area contributed by atoms with Gasteiger partial charge in [-0.3, -0.25) is 9.59 Å². The minimum absolute atomic E-state index is 0.0164. The summed E-state index contributed by atoms with van der Waals surface area (Å²) in [6.07, 6.45) is 0.824. The van der Waals surface area contributed by atoms with Crippen LogP contribution in [0.15, 0.2) is 48.5 Å². The molecule has 160 valence electrons. The second kappa shape index (κ2) is 9.91. The summed E-state index contributed by atoms with van der Waals surface area (Å²) in [5.41, 5.74) is 5.40. The molecule has 30 heavy (non-hydrogen) atoms. The van der Waals surface area contributed by atoms with Gasteiger partial charge in [0.25, 0.3) is 0 Å². The van der Waals surface area contributed by atoms with Crippen LogP contribution < -0.4 is 10.5 Å². The van der Waals surface area contributed by atoms with Crippen LogP contribution in [0.1, 0.15) is 18.4 Å². The van der Waals surface area contributed by atoms with E-state index in [9.17, 15) is 14.0 Å². The molecule has 8 heteroatoms. The largest absolute Gasteiger partial charge is 0.490 e. The first-order valence-electron chi connectivity index (χ1n) is 9.68. The van der Waals surface area contributed by atoms with Gasteiger partial charge >= 0.3 is 0 Å². The van der Waals surface area contributed by atoms with Crippen LogP contribution in [-0.2, 0) is 20.7 Å². The molecular formula is C22H24ClFN2O4. The van der Waals surface area contributed by atoms with E-state index < -0.39 is 11.5 Å². The molecule has 2 N–H and O–H groups in total. The van der Waals surface area contributed by atoms with E-state index >= 15 is 0 Å². The molecule has 3 rings (SSSR count). The number of hydrogen-bond acceptors (Lipinski definition) is 4. The Labute approximate surface area is 179 Å². The number of nitrogens with two attached hydrogens (primary N) is 1. The summed E-state index contributed by atoms with van der Waals surface area (Å²) in [4.78, 5) is 26.1. The second-order valence-corrected chi connectivity index (χ2v) is 7.80. The fraction of sp³-hybridized carbons (Fsp3) is 0.364. The number of morpholine rings is 1. The molecule has 2 aromatic carbocycles. The van der Waals surface area contributed by atoms with Crippen molar-refractivity contribution in [1.29, 1.82) is 0 Å². The molecule has 0 unspecified atom stereocenters. The zero-order valence-electron chi connectivity index (χ0n) is 16.5. The number of primary amides is 1. The summed E-state index contributed by atoms with van der Waals surface area (Å²) in [6.45, 7) is 0.905. The molecule has 1 fully saturated rings. The first-order valence-corrected chi connectivity index (χ1v) is 10.1. The van der Waals surface area contributed by atoms with Crippen LogP contribution in [0, 0.1) is 5.82 Å². The van der Waals surface area contributed by atoms with Crippen molar-refractivity contribution in [1.82, 2.24) is 4.90 Å². The number of benzene rings is 2. The van der Waals surface area contributed by atoms with Crippen LogP contribution >= 0.6 is 11.6 Å². The Morgan fingerprint density at radius 3 is 2.53 bits per heavy atom. The zero-order chi connectivity index (χ0) is 21.6. The number of carbonyl (C=O) groups excluding carboxylic acids is 2. The van der Waals surface area contributed by atoms with Crippen LogP contribution in [0.4, 0.5) is 4.39 Å². The van der Waals surface area contributed by atoms with Crippen molar-refractivity contribution in [3.63, 3.8) is 0 Å². The lowest BCUT2D eigenvalue weighted by molar-refractivity contribution is -0.161. The minimum atomic E-state index is -1.05. The quantitative estimate of drug-likeness (QED) is 0.692. The third-order valence-corrected chi connectivity index (χ3v) is 5.21. The van der Waals surface area contributed by atoms with Crippen molar-refractivity contribution in [2.24, 2.45) is 5.73 Å². The highest BCUT2D eigenvalue weighted by Gasteiger charge is 2.40. The topological polar surface area (TPSA) is 81.9 Å². The van der Waals surface area contributed by atoms with Gasteiger partial charge in [0.05, 0.1) is 19.6 Å². The lowest BCUT2D eigenvalue weighted by Gasteiger charge is -2.42. The summed E-state index contributed by atoms with van der Waals surface area (Å²) in [5.74, 6) is -0.521. The van der Waals surface area contributed by atoms with E-state index in [4.69, 9.17) is 26.8 Å². The Bertz CT molecular complexity index is 876. The first-order chi connectivity index (χ1) is 14.3. The number of halogens is 2. The highest BCUT2D eigenvalue weighted by molar-refractivity contribution is 6.30. The van der Waals surface area contributed by atoms with Gasteiger partial charge in [-0.2, -0.15) is 0 Å². The van der Waals surface area contributed by atoms with Gasteiger partial charge in [0, 0.05) is 18.0 Å². The summed E-state index contributed by atoms with van der Waals surface area (Å²) in [6, 6.07) is 12.9. The number of hydrogen-bond donors (Lipinski definition) is 1. The van der Waals surface area contributed by atoms with E-state index in [-0.39, 0.29) is 37.9 Å². The Balaban J connectivity index is 1.63. The summed E-state index contributed by atoms with van der Waals surface area (Å²) < 4.78 is 24.7. The molecule has 1 saturated heterocycles. The summed E-state index contributed by atoms with van der Waals surface area (Å²) in [7, 11) is 0. The average Bonchev–Trinajstić information content (AvgIpc) is 2.72. The van der Waals surface area contributed by atoms with Gasteiger partial charge in [0.2, 0.25) is 11.8 Å². The van der Waals surface area contributed by atoms with Gasteiger partial charge in [0.1, 0.15) is 23.8 Å². The van der Waals surface area contributed by atoms with Gasteiger partial charge in [-0.1, -0.05) is 23.7 Å². The number of carbonyl (C=O) groups is 2. The molecule has 1 aliphatic rings. The van der Waals surface area contributed by atoms with Crippen molar-refractivity contribution < 1.29 is 23.5 Å². The van der Waals surface area contributed by atoms with Gasteiger partial charge in [0.15, 0.2) is 0 Å². The Kier molecular flexibility index (Phi) is 7.29. The van der Waals surface area contributed by atoms with Gasteiger partial charge < -0.3 is 20.1 Å². The maximum absolute atomic E-state index is 13.1. The SMILES string of the molecule is NC(=O)C[C@@]1(COc2ccc(F)cc2)CN(C(=O)CCc2ccc(Cl)cc2)CCO1. The van der Waals surface area contributed by atoms with E-state index in [2.05, 4.69) is 0 Å². The molecule has 2 aromatic rings. The smallest absolute Gasteiger partial charge is 0.223 e. The molecule has 6 nitrogen and oxygen atoms in total. The van der Waals surface area contributed by atoms with Crippen molar-refractivity contribution >= 4 is 23.4 Å². The fourth-order valence-corrected chi connectivity index (χ4v) is 3.55. The lowest BCUT2D eigenvalue weighted by atomic mass is 9.97. The number of rotatable bonds is 8. The molecule has 0 spiro atoms. The van der Waals surface area contributed by atoms with Crippen LogP contribution in [-0.4, -0.2) is 48.6 Å². The Morgan fingerprint density at radius 2 is 1.87 bits per heavy atom. The van der Waals surface area contributed by atoms with Crippen LogP contribution in [0.3, 0.4) is 0 Å². The molecule has 0 aromatic heterocycles. The number of amides is 2. The standard InChI is InChI=1S/C22H24ClFN2O4/c23-17-4-1-16(2-5-17)3-10-21(28)26-11-12-30-22(14-26,13-20(25)27)15-29-19-8-6-18(24)7-9-19/h1-2,4-9H,3,10-15H2,(H2,25,27)/t22-/m0/s1. The molecule has 0 radical (unpaired) electrons. The van der Waals surface area contributed by atoms with E-state index in [0.29, 0.717) is 30.2 Å². The Hall–Kier alpha value is -2.64. The summed E-state index contributed by atoms with van der Waals surface area (Å²) >= 11 is 5.89. The maximum Gasteiger partial charge on any atom is 0.223 e. The highest BCUT2D eigenvalue weighted by Crippen LogP contribution is 2.25. The number of aryl methyl sites for hydroxylation is 1. The van der Waals surface area contributed by atoms with E-state index in [1.54, 1.807) is 17.0 Å². The highest BCUT2D eigenvalue weighted by atomic mass is 35.5.